The van der Waals surface area contributed by atoms with Crippen molar-refractivity contribution in [3.05, 3.63) is 54.7 Å². The summed E-state index contributed by atoms with van der Waals surface area (Å²) in [6.07, 6.45) is 7.47. The molecule has 42 heavy (non-hydrogen) atoms. The number of methoxy groups -OCH3 is 2. The summed E-state index contributed by atoms with van der Waals surface area (Å²) in [4.78, 5) is 5.01. The lowest BCUT2D eigenvalue weighted by molar-refractivity contribution is 0.355. The molecular weight excluding hydrogens is 554 g/mol. The summed E-state index contributed by atoms with van der Waals surface area (Å²) in [5, 5.41) is 12.0. The molecule has 12 heteroatoms. The van der Waals surface area contributed by atoms with Crippen molar-refractivity contribution in [1.29, 1.82) is 0 Å². The lowest BCUT2D eigenvalue weighted by atomic mass is 9.92. The highest BCUT2D eigenvalue weighted by atomic mass is 32.2. The third kappa shape index (κ3) is 5.61. The molecule has 11 nitrogen and oxygen atoms in total. The number of hydrogen-bond donors (Lipinski definition) is 3. The minimum absolute atomic E-state index is 0.248. The number of fused-ring (bicyclic) bond motifs is 1. The second kappa shape index (κ2) is 11.8. The van der Waals surface area contributed by atoms with Crippen molar-refractivity contribution < 1.29 is 17.9 Å². The van der Waals surface area contributed by atoms with Gasteiger partial charge in [-0.05, 0) is 81.0 Å². The molecule has 0 unspecified atom stereocenters. The highest BCUT2D eigenvalue weighted by Gasteiger charge is 2.27. The third-order valence-corrected chi connectivity index (χ3v) is 10.0. The fraction of sp³-hybridized carbons (Fsp3) is 0.400. The van der Waals surface area contributed by atoms with E-state index in [-0.39, 0.29) is 12.1 Å². The van der Waals surface area contributed by atoms with E-state index >= 15 is 0 Å². The number of hydrogen-bond acceptors (Lipinski definition) is 9. The summed E-state index contributed by atoms with van der Waals surface area (Å²) in [5.74, 6) is 1.96. The number of ether oxygens (including phenoxy) is 2. The maximum atomic E-state index is 13.0. The first kappa shape index (κ1) is 28.3. The van der Waals surface area contributed by atoms with Gasteiger partial charge in [-0.25, -0.2) is 17.9 Å². The molecule has 0 bridgehead atoms. The first-order valence-corrected chi connectivity index (χ1v) is 15.8. The zero-order chi connectivity index (χ0) is 29.3. The van der Waals surface area contributed by atoms with Crippen LogP contribution in [-0.4, -0.2) is 66.7 Å². The molecule has 0 radical (unpaired) electrons. The van der Waals surface area contributed by atoms with Gasteiger partial charge in [0.2, 0.25) is 10.0 Å². The van der Waals surface area contributed by atoms with Gasteiger partial charge in [0.1, 0.15) is 5.82 Å². The van der Waals surface area contributed by atoms with Crippen LogP contribution in [0, 0.1) is 0 Å². The molecule has 1 saturated carbocycles. The van der Waals surface area contributed by atoms with Crippen LogP contribution < -0.4 is 25.8 Å². The first-order chi connectivity index (χ1) is 20.4. The molecule has 222 valence electrons. The van der Waals surface area contributed by atoms with Gasteiger partial charge in [0.25, 0.3) is 0 Å². The standard InChI is InChI=1S/C30H37N7O4S/c1-40-27-14-5-20(17-28(27)41-2)26-19-32-30-25(18-29(35-37(26)30)34-23-8-6-21(31)7-9-23)33-22-10-12-24(13-11-22)42(38,39)36-15-3-4-16-36/h5,10-14,17-19,21,23,33H,3-4,6-9,15-16,31H2,1-2H3,(H,34,35). The molecule has 1 aliphatic heterocycles. The molecule has 2 fully saturated rings. The van der Waals surface area contributed by atoms with Crippen molar-refractivity contribution in [3.8, 4) is 22.8 Å². The van der Waals surface area contributed by atoms with Crippen LogP contribution in [0.15, 0.2) is 59.6 Å². The molecule has 1 saturated heterocycles. The van der Waals surface area contributed by atoms with Crippen molar-refractivity contribution in [2.45, 2.75) is 55.5 Å². The highest BCUT2D eigenvalue weighted by molar-refractivity contribution is 7.89. The van der Waals surface area contributed by atoms with Gasteiger partial charge in [0.05, 0.1) is 36.7 Å². The number of nitrogens with two attached hydrogens (primary N) is 1. The van der Waals surface area contributed by atoms with Crippen LogP contribution in [0.1, 0.15) is 38.5 Å². The number of benzene rings is 2. The van der Waals surface area contributed by atoms with Crippen molar-refractivity contribution >= 4 is 32.9 Å². The van der Waals surface area contributed by atoms with Gasteiger partial charge < -0.3 is 25.8 Å². The lowest BCUT2D eigenvalue weighted by Gasteiger charge is -2.27. The summed E-state index contributed by atoms with van der Waals surface area (Å²) in [7, 11) is -0.273. The molecule has 2 aliphatic rings. The maximum absolute atomic E-state index is 13.0. The van der Waals surface area contributed by atoms with E-state index in [1.807, 2.05) is 28.8 Å². The Bertz CT molecular complexity index is 1660. The van der Waals surface area contributed by atoms with Crippen LogP contribution in [0.3, 0.4) is 0 Å². The molecule has 4 aromatic rings. The Morgan fingerprint density at radius 2 is 1.64 bits per heavy atom. The highest BCUT2D eigenvalue weighted by Crippen LogP contribution is 2.34. The van der Waals surface area contributed by atoms with Crippen molar-refractivity contribution in [3.63, 3.8) is 0 Å². The minimum atomic E-state index is -3.49. The molecule has 0 atom stereocenters. The molecule has 4 N–H and O–H groups in total. The molecule has 3 heterocycles. The SMILES string of the molecule is COc1ccc(-c2cnc3c(Nc4ccc(S(=O)(=O)N5CCCC5)cc4)cc(NC4CCC(N)CC4)nn23)cc1OC. The quantitative estimate of drug-likeness (QED) is 0.255. The lowest BCUT2D eigenvalue weighted by Crippen LogP contribution is -2.33. The van der Waals surface area contributed by atoms with Crippen LogP contribution in [-0.2, 0) is 10.0 Å². The number of aromatic nitrogens is 3. The zero-order valence-electron chi connectivity index (χ0n) is 23.9. The molecule has 0 spiro atoms. The summed E-state index contributed by atoms with van der Waals surface area (Å²) in [6.45, 7) is 1.14. The van der Waals surface area contributed by atoms with E-state index in [1.165, 1.54) is 0 Å². The Hall–Kier alpha value is -3.87. The van der Waals surface area contributed by atoms with Gasteiger partial charge in [-0.2, -0.15) is 4.31 Å². The van der Waals surface area contributed by atoms with E-state index in [2.05, 4.69) is 10.6 Å². The number of anilines is 3. The first-order valence-electron chi connectivity index (χ1n) is 14.4. The maximum Gasteiger partial charge on any atom is 0.243 e. The Labute approximate surface area is 246 Å². The average molecular weight is 592 g/mol. The number of nitrogens with zero attached hydrogens (tertiary/aromatic N) is 4. The summed E-state index contributed by atoms with van der Waals surface area (Å²) < 4.78 is 40.3. The van der Waals surface area contributed by atoms with Crippen LogP contribution in [0.4, 0.5) is 17.2 Å². The predicted molar refractivity (Wildman–Crippen MR) is 163 cm³/mol. The number of imidazole rings is 1. The molecule has 0 amide bonds. The van der Waals surface area contributed by atoms with Crippen molar-refractivity contribution in [1.82, 2.24) is 18.9 Å². The second-order valence-corrected chi connectivity index (χ2v) is 12.8. The van der Waals surface area contributed by atoms with E-state index < -0.39 is 10.0 Å². The van der Waals surface area contributed by atoms with Gasteiger partial charge in [0.15, 0.2) is 17.1 Å². The molecular formula is C30H37N7O4S. The van der Waals surface area contributed by atoms with E-state index in [9.17, 15) is 8.42 Å². The molecule has 2 aromatic heterocycles. The van der Waals surface area contributed by atoms with E-state index in [0.29, 0.717) is 40.9 Å². The Morgan fingerprint density at radius 3 is 2.33 bits per heavy atom. The minimum Gasteiger partial charge on any atom is -0.493 e. The monoisotopic (exact) mass is 591 g/mol. The third-order valence-electron chi connectivity index (χ3n) is 8.11. The fourth-order valence-electron chi connectivity index (χ4n) is 5.74. The van der Waals surface area contributed by atoms with Crippen molar-refractivity contribution in [2.75, 3.05) is 37.9 Å². The van der Waals surface area contributed by atoms with Gasteiger partial charge in [0, 0.05) is 42.5 Å². The molecule has 6 rings (SSSR count). The van der Waals surface area contributed by atoms with Crippen LogP contribution in [0.2, 0.25) is 0 Å². The Morgan fingerprint density at radius 1 is 0.929 bits per heavy atom. The Balaban J connectivity index is 1.35. The zero-order valence-corrected chi connectivity index (χ0v) is 24.7. The van der Waals surface area contributed by atoms with Crippen LogP contribution in [0.5, 0.6) is 11.5 Å². The van der Waals surface area contributed by atoms with E-state index in [1.54, 1.807) is 49.0 Å². The second-order valence-electron chi connectivity index (χ2n) is 10.9. The summed E-state index contributed by atoms with van der Waals surface area (Å²) >= 11 is 0. The fourth-order valence-corrected chi connectivity index (χ4v) is 7.26. The Kier molecular flexibility index (Phi) is 7.93. The predicted octanol–water partition coefficient (Wildman–Crippen LogP) is 4.62. The topological polar surface area (TPSA) is 136 Å². The van der Waals surface area contributed by atoms with E-state index in [0.717, 1.165) is 61.2 Å². The number of sulfonamides is 1. The number of rotatable bonds is 9. The van der Waals surface area contributed by atoms with E-state index in [4.69, 9.17) is 25.3 Å². The van der Waals surface area contributed by atoms with Gasteiger partial charge >= 0.3 is 0 Å². The number of nitrogens with one attached hydrogen (secondary N) is 2. The van der Waals surface area contributed by atoms with Gasteiger partial charge in [-0.1, -0.05) is 0 Å². The largest absolute Gasteiger partial charge is 0.493 e. The summed E-state index contributed by atoms with van der Waals surface area (Å²) in [6, 6.07) is 15.0. The van der Waals surface area contributed by atoms with Crippen LogP contribution in [0.25, 0.3) is 16.9 Å². The molecule has 2 aromatic carbocycles. The van der Waals surface area contributed by atoms with Crippen LogP contribution >= 0.6 is 0 Å². The molecule has 1 aliphatic carbocycles. The van der Waals surface area contributed by atoms with Crippen molar-refractivity contribution in [2.24, 2.45) is 5.73 Å². The normalized spacial score (nSPS) is 19.6. The average Bonchev–Trinajstić information content (AvgIpc) is 3.70. The van der Waals surface area contributed by atoms with Gasteiger partial charge in [-0.3, -0.25) is 0 Å². The summed E-state index contributed by atoms with van der Waals surface area (Å²) in [5.41, 5.74) is 9.91. The smallest absolute Gasteiger partial charge is 0.243 e. The van der Waals surface area contributed by atoms with Gasteiger partial charge in [-0.15, -0.1) is 5.10 Å².